The second kappa shape index (κ2) is 7.26. The molecule has 2 aliphatic rings. The molecule has 1 aromatic carbocycles. The van der Waals surface area contributed by atoms with Crippen LogP contribution in [-0.2, 0) is 0 Å². The molecule has 0 bridgehead atoms. The van der Waals surface area contributed by atoms with E-state index in [1.807, 2.05) is 25.1 Å². The maximum atomic E-state index is 13.5. The number of amides is 1. The van der Waals surface area contributed by atoms with E-state index in [0.717, 1.165) is 21.3 Å². The van der Waals surface area contributed by atoms with Crippen LogP contribution < -0.4 is 4.72 Å². The summed E-state index contributed by atoms with van der Waals surface area (Å²) < 4.78 is 30.3. The summed E-state index contributed by atoms with van der Waals surface area (Å²) in [4.78, 5) is 18.0. The predicted molar refractivity (Wildman–Crippen MR) is 109 cm³/mol. The molecule has 1 amide bonds. The van der Waals surface area contributed by atoms with Crippen molar-refractivity contribution in [2.24, 2.45) is 0 Å². The molecule has 28 heavy (non-hydrogen) atoms. The van der Waals surface area contributed by atoms with Crippen LogP contribution in [0.1, 0.15) is 52.5 Å². The van der Waals surface area contributed by atoms with Gasteiger partial charge in [-0.15, -0.1) is 0 Å². The van der Waals surface area contributed by atoms with Crippen molar-refractivity contribution in [1.29, 1.82) is 0 Å². The third-order valence-electron chi connectivity index (χ3n) is 5.28. The molecule has 1 saturated carbocycles. The van der Waals surface area contributed by atoms with Crippen LogP contribution in [0.3, 0.4) is 0 Å². The summed E-state index contributed by atoms with van der Waals surface area (Å²) in [7, 11) is 0. The van der Waals surface area contributed by atoms with Crippen molar-refractivity contribution in [3.63, 3.8) is 0 Å². The fourth-order valence-electron chi connectivity index (χ4n) is 3.64. The van der Waals surface area contributed by atoms with Gasteiger partial charge < -0.3 is 14.6 Å². The van der Waals surface area contributed by atoms with Gasteiger partial charge in [0.1, 0.15) is 0 Å². The minimum Gasteiger partial charge on any atom is -0.361 e. The molecule has 1 aromatic heterocycles. The quantitative estimate of drug-likeness (QED) is 0.598. The van der Waals surface area contributed by atoms with Crippen LogP contribution >= 0.6 is 23.5 Å². The van der Waals surface area contributed by atoms with Gasteiger partial charge in [0, 0.05) is 35.1 Å². The minimum absolute atomic E-state index is 0.0747. The lowest BCUT2D eigenvalue weighted by Crippen LogP contribution is -2.31. The Morgan fingerprint density at radius 2 is 2.07 bits per heavy atom. The number of nitrogens with one attached hydrogen (secondary N) is 2. The van der Waals surface area contributed by atoms with Crippen LogP contribution in [0.4, 0.5) is 14.5 Å². The predicted octanol–water partition coefficient (Wildman–Crippen LogP) is 5.76. The third-order valence-corrected chi connectivity index (χ3v) is 6.66. The molecular weight excluding hydrogens is 404 g/mol. The number of anilines is 1. The monoisotopic (exact) mass is 425 g/mol. The summed E-state index contributed by atoms with van der Waals surface area (Å²) in [6.07, 6.45) is 2.09. The highest BCUT2D eigenvalue weighted by Crippen LogP contribution is 2.44. The number of benzene rings is 1. The topological polar surface area (TPSA) is 48.1 Å². The van der Waals surface area contributed by atoms with Crippen molar-refractivity contribution < 1.29 is 13.6 Å². The number of likely N-dealkylation sites (tertiary alicyclic amines) is 1. The molecule has 0 radical (unpaired) electrons. The number of hydrogen-bond donors (Lipinski definition) is 2. The van der Waals surface area contributed by atoms with Crippen LogP contribution in [0.2, 0.25) is 5.02 Å². The van der Waals surface area contributed by atoms with E-state index in [1.54, 1.807) is 6.92 Å². The number of aromatic amines is 1. The standard InChI is InChI=1S/C20H22ClF2N3OS/c1-11-17(19(27)26-8-7-20(22,23)10-26)18(12(2)24-11)28-25-14-5-6-15(13-3-4-13)16(21)9-14/h5-6,9,13,24-25H,3-4,7-8,10H2,1-2H3. The molecule has 1 aliphatic heterocycles. The van der Waals surface area contributed by atoms with Gasteiger partial charge in [0.25, 0.3) is 11.8 Å². The smallest absolute Gasteiger partial charge is 0.267 e. The van der Waals surface area contributed by atoms with E-state index in [2.05, 4.69) is 9.71 Å². The number of rotatable bonds is 5. The van der Waals surface area contributed by atoms with Gasteiger partial charge in [0.05, 0.1) is 17.0 Å². The van der Waals surface area contributed by atoms with Gasteiger partial charge in [-0.05, 0) is 62.3 Å². The third kappa shape index (κ3) is 3.87. The molecule has 2 N–H and O–H groups in total. The van der Waals surface area contributed by atoms with Crippen molar-refractivity contribution in [2.75, 3.05) is 17.8 Å². The van der Waals surface area contributed by atoms with Gasteiger partial charge in [-0.3, -0.25) is 4.79 Å². The molecule has 0 spiro atoms. The fourth-order valence-corrected chi connectivity index (χ4v) is 4.87. The van der Waals surface area contributed by atoms with E-state index in [9.17, 15) is 13.6 Å². The maximum absolute atomic E-state index is 13.5. The largest absolute Gasteiger partial charge is 0.361 e. The first-order valence-electron chi connectivity index (χ1n) is 9.34. The average Bonchev–Trinajstić information content (AvgIpc) is 3.33. The van der Waals surface area contributed by atoms with Crippen molar-refractivity contribution in [2.45, 2.75) is 49.8 Å². The number of carbonyl (C=O) groups excluding carboxylic acids is 1. The summed E-state index contributed by atoms with van der Waals surface area (Å²) in [6.45, 7) is 3.21. The number of aryl methyl sites for hydroxylation is 2. The van der Waals surface area contributed by atoms with Crippen molar-refractivity contribution in [1.82, 2.24) is 9.88 Å². The molecule has 2 aromatic rings. The summed E-state index contributed by atoms with van der Waals surface area (Å²) in [5.74, 6) is -2.59. The number of halogens is 3. The first kappa shape index (κ1) is 19.6. The van der Waals surface area contributed by atoms with Crippen LogP contribution in [0.5, 0.6) is 0 Å². The van der Waals surface area contributed by atoms with Gasteiger partial charge >= 0.3 is 0 Å². The van der Waals surface area contributed by atoms with E-state index in [-0.39, 0.29) is 18.9 Å². The Morgan fingerprint density at radius 3 is 2.68 bits per heavy atom. The Hall–Kier alpha value is -1.73. The van der Waals surface area contributed by atoms with Crippen LogP contribution in [-0.4, -0.2) is 34.8 Å². The molecule has 4 nitrogen and oxygen atoms in total. The second-order valence-corrected chi connectivity index (χ2v) is 8.85. The zero-order chi connectivity index (χ0) is 20.1. The average molecular weight is 426 g/mol. The zero-order valence-electron chi connectivity index (χ0n) is 15.7. The first-order chi connectivity index (χ1) is 13.2. The number of aromatic nitrogens is 1. The Balaban J connectivity index is 1.52. The van der Waals surface area contributed by atoms with Crippen LogP contribution in [0.25, 0.3) is 0 Å². The highest BCUT2D eigenvalue weighted by Gasteiger charge is 2.41. The Bertz CT molecular complexity index is 926. The Labute approximate surface area is 172 Å². The molecule has 150 valence electrons. The maximum Gasteiger partial charge on any atom is 0.267 e. The van der Waals surface area contributed by atoms with Crippen LogP contribution in [0, 0.1) is 13.8 Å². The number of nitrogens with zero attached hydrogens (tertiary/aromatic N) is 1. The number of alkyl halides is 2. The molecule has 8 heteroatoms. The summed E-state index contributed by atoms with van der Waals surface area (Å²) in [6, 6.07) is 5.90. The highest BCUT2D eigenvalue weighted by molar-refractivity contribution is 8.00. The number of carbonyl (C=O) groups is 1. The number of hydrogen-bond acceptors (Lipinski definition) is 3. The van der Waals surface area contributed by atoms with Crippen molar-refractivity contribution >= 4 is 35.1 Å². The van der Waals surface area contributed by atoms with E-state index in [0.29, 0.717) is 17.2 Å². The normalized spacial score (nSPS) is 18.5. The molecule has 0 atom stereocenters. The van der Waals surface area contributed by atoms with Crippen molar-refractivity contribution in [3.8, 4) is 0 Å². The highest BCUT2D eigenvalue weighted by atomic mass is 35.5. The summed E-state index contributed by atoms with van der Waals surface area (Å²) >= 11 is 7.69. The fraction of sp³-hybridized carbons (Fsp3) is 0.450. The molecule has 1 saturated heterocycles. The first-order valence-corrected chi connectivity index (χ1v) is 10.5. The second-order valence-electron chi connectivity index (χ2n) is 7.63. The lowest BCUT2D eigenvalue weighted by molar-refractivity contribution is 0.0119. The molecule has 1 aliphatic carbocycles. The van der Waals surface area contributed by atoms with Gasteiger partial charge in [-0.2, -0.15) is 0 Å². The van der Waals surface area contributed by atoms with E-state index >= 15 is 0 Å². The molecule has 2 fully saturated rings. The summed E-state index contributed by atoms with van der Waals surface area (Å²) in [5, 5.41) is 0.741. The van der Waals surface area contributed by atoms with Gasteiger partial charge in [-0.1, -0.05) is 17.7 Å². The molecule has 4 rings (SSSR count). The van der Waals surface area contributed by atoms with Gasteiger partial charge in [-0.25, -0.2) is 8.78 Å². The Morgan fingerprint density at radius 1 is 1.32 bits per heavy atom. The number of H-pyrrole nitrogens is 1. The van der Waals surface area contributed by atoms with E-state index < -0.39 is 12.5 Å². The van der Waals surface area contributed by atoms with E-state index in [1.165, 1.54) is 35.3 Å². The zero-order valence-corrected chi connectivity index (χ0v) is 17.3. The Kier molecular flexibility index (Phi) is 5.08. The van der Waals surface area contributed by atoms with Gasteiger partial charge in [0.15, 0.2) is 0 Å². The van der Waals surface area contributed by atoms with Crippen molar-refractivity contribution in [3.05, 3.63) is 45.7 Å². The van der Waals surface area contributed by atoms with Gasteiger partial charge in [0.2, 0.25) is 0 Å². The summed E-state index contributed by atoms with van der Waals surface area (Å²) in [5.41, 5.74) is 3.98. The molecular formula is C20H22ClF2N3OS. The molecule has 0 unspecified atom stereocenters. The van der Waals surface area contributed by atoms with Crippen LogP contribution in [0.15, 0.2) is 23.1 Å². The SMILES string of the molecule is Cc1[nH]c(C)c(C(=O)N2CCC(F)(F)C2)c1SNc1ccc(C2CC2)c(Cl)c1. The molecule has 2 heterocycles. The lowest BCUT2D eigenvalue weighted by Gasteiger charge is -2.17. The van der Waals surface area contributed by atoms with E-state index in [4.69, 9.17) is 11.6 Å². The minimum atomic E-state index is -2.81. The lowest BCUT2D eigenvalue weighted by atomic mass is 10.1.